The minimum absolute atomic E-state index is 0.185. The fourth-order valence-corrected chi connectivity index (χ4v) is 1.35. The van der Waals surface area contributed by atoms with Crippen molar-refractivity contribution in [1.29, 1.82) is 0 Å². The van der Waals surface area contributed by atoms with Gasteiger partial charge in [0.25, 0.3) is 0 Å². The smallest absolute Gasteiger partial charge is 0.219 e. The van der Waals surface area contributed by atoms with E-state index in [1.807, 2.05) is 4.90 Å². The average Bonchev–Trinajstić information content (AvgIpc) is 1.78. The molecule has 0 bridgehead atoms. The van der Waals surface area contributed by atoms with Crippen LogP contribution >= 0.6 is 0 Å². The molecule has 1 aliphatic rings. The number of carbonyl (C=O) groups excluding carboxylic acids is 1. The summed E-state index contributed by atoms with van der Waals surface area (Å²) in [5.41, 5.74) is 5.36. The lowest BCUT2D eigenvalue weighted by Gasteiger charge is -2.40. The molecule has 3 nitrogen and oxygen atoms in total. The number of hydrogen-bond donors (Lipinski definition) is 1. The first-order chi connectivity index (χ1) is 4.75. The summed E-state index contributed by atoms with van der Waals surface area (Å²) in [4.78, 5) is 12.7. The molecule has 0 aromatic carbocycles. The predicted molar refractivity (Wildman–Crippen MR) is 39.5 cm³/mol. The van der Waals surface area contributed by atoms with Crippen LogP contribution in [-0.2, 0) is 4.79 Å². The molecular weight excluding hydrogens is 128 g/mol. The zero-order valence-corrected chi connectivity index (χ0v) is 6.34. The summed E-state index contributed by atoms with van der Waals surface area (Å²) in [7, 11) is 0. The number of carbonyl (C=O) groups is 1. The molecule has 1 fully saturated rings. The van der Waals surface area contributed by atoms with Crippen molar-refractivity contribution >= 4 is 5.91 Å². The van der Waals surface area contributed by atoms with E-state index in [0.29, 0.717) is 12.6 Å². The van der Waals surface area contributed by atoms with E-state index in [-0.39, 0.29) is 5.91 Å². The molecule has 0 aromatic heterocycles. The van der Waals surface area contributed by atoms with Gasteiger partial charge in [-0.15, -0.1) is 0 Å². The Morgan fingerprint density at radius 2 is 2.50 bits per heavy atom. The molecule has 1 aliphatic heterocycles. The Morgan fingerprint density at radius 1 is 1.80 bits per heavy atom. The van der Waals surface area contributed by atoms with E-state index in [0.717, 1.165) is 19.4 Å². The molecule has 0 spiro atoms. The Balaban J connectivity index is 2.28. The van der Waals surface area contributed by atoms with Crippen LogP contribution in [0, 0.1) is 0 Å². The van der Waals surface area contributed by atoms with Gasteiger partial charge in [0.05, 0.1) is 0 Å². The van der Waals surface area contributed by atoms with Crippen LogP contribution in [0.5, 0.6) is 0 Å². The van der Waals surface area contributed by atoms with Crippen LogP contribution in [0.1, 0.15) is 19.8 Å². The van der Waals surface area contributed by atoms with E-state index < -0.39 is 0 Å². The summed E-state index contributed by atoms with van der Waals surface area (Å²) in [5, 5.41) is 0. The van der Waals surface area contributed by atoms with Crippen LogP contribution in [0.15, 0.2) is 0 Å². The number of nitrogens with two attached hydrogens (primary N) is 1. The molecule has 0 aromatic rings. The lowest BCUT2D eigenvalue weighted by molar-refractivity contribution is -0.136. The van der Waals surface area contributed by atoms with Crippen molar-refractivity contribution < 1.29 is 4.79 Å². The van der Waals surface area contributed by atoms with E-state index >= 15 is 0 Å². The number of hydrogen-bond acceptors (Lipinski definition) is 2. The normalized spacial score (nSPS) is 24.2. The summed E-state index contributed by atoms with van der Waals surface area (Å²) in [5.74, 6) is 0.185. The van der Waals surface area contributed by atoms with Crippen LogP contribution in [0.25, 0.3) is 0 Å². The average molecular weight is 142 g/mol. The number of rotatable bonds is 2. The van der Waals surface area contributed by atoms with E-state index in [2.05, 4.69) is 0 Å². The lowest BCUT2D eigenvalue weighted by atomic mass is 10.00. The summed E-state index contributed by atoms with van der Waals surface area (Å²) < 4.78 is 0. The zero-order chi connectivity index (χ0) is 7.56. The van der Waals surface area contributed by atoms with Crippen molar-refractivity contribution in [2.75, 3.05) is 13.1 Å². The monoisotopic (exact) mass is 142 g/mol. The highest BCUT2D eigenvalue weighted by Crippen LogP contribution is 2.19. The Labute approximate surface area is 61.2 Å². The van der Waals surface area contributed by atoms with Gasteiger partial charge in [-0.2, -0.15) is 0 Å². The maximum absolute atomic E-state index is 10.8. The van der Waals surface area contributed by atoms with E-state index in [1.54, 1.807) is 6.92 Å². The molecule has 1 atom stereocenters. The quantitative estimate of drug-likeness (QED) is 0.588. The van der Waals surface area contributed by atoms with Gasteiger partial charge in [-0.05, 0) is 19.4 Å². The second-order valence-electron chi connectivity index (χ2n) is 2.73. The number of nitrogens with zero attached hydrogens (tertiary/aromatic N) is 1. The minimum Gasteiger partial charge on any atom is -0.340 e. The Kier molecular flexibility index (Phi) is 2.27. The molecule has 1 unspecified atom stereocenters. The van der Waals surface area contributed by atoms with Gasteiger partial charge in [-0.25, -0.2) is 0 Å². The van der Waals surface area contributed by atoms with Crippen molar-refractivity contribution in [2.45, 2.75) is 25.8 Å². The van der Waals surface area contributed by atoms with Crippen LogP contribution in [0.2, 0.25) is 0 Å². The predicted octanol–water partition coefficient (Wildman–Crippen LogP) is -0.0440. The van der Waals surface area contributed by atoms with Gasteiger partial charge in [0.15, 0.2) is 0 Å². The van der Waals surface area contributed by atoms with Crippen molar-refractivity contribution in [1.82, 2.24) is 4.90 Å². The van der Waals surface area contributed by atoms with Gasteiger partial charge in [-0.1, -0.05) is 0 Å². The molecule has 1 saturated heterocycles. The molecule has 0 saturated carbocycles. The maximum atomic E-state index is 10.8. The molecule has 0 aliphatic carbocycles. The van der Waals surface area contributed by atoms with Crippen molar-refractivity contribution in [3.05, 3.63) is 0 Å². The van der Waals surface area contributed by atoms with Gasteiger partial charge in [0.2, 0.25) is 5.91 Å². The highest BCUT2D eigenvalue weighted by molar-refractivity contribution is 5.74. The Morgan fingerprint density at radius 3 is 2.80 bits per heavy atom. The standard InChI is InChI=1S/C7H14N2O/c1-6(10)9-5-3-7(9)2-4-8/h7H,2-5,8H2,1H3. The highest BCUT2D eigenvalue weighted by atomic mass is 16.2. The fourth-order valence-electron chi connectivity index (χ4n) is 1.35. The largest absolute Gasteiger partial charge is 0.340 e. The van der Waals surface area contributed by atoms with Gasteiger partial charge in [0.1, 0.15) is 0 Å². The molecule has 2 N–H and O–H groups in total. The van der Waals surface area contributed by atoms with Gasteiger partial charge in [-0.3, -0.25) is 4.79 Å². The maximum Gasteiger partial charge on any atom is 0.219 e. The summed E-state index contributed by atoms with van der Waals surface area (Å²) in [6, 6.07) is 0.447. The molecule has 58 valence electrons. The van der Waals surface area contributed by atoms with Crippen LogP contribution in [0.3, 0.4) is 0 Å². The Bertz CT molecular complexity index is 136. The SMILES string of the molecule is CC(=O)N1CCC1CCN. The fraction of sp³-hybridized carbons (Fsp3) is 0.857. The van der Waals surface area contributed by atoms with Gasteiger partial charge < -0.3 is 10.6 Å². The van der Waals surface area contributed by atoms with Crippen molar-refractivity contribution in [2.24, 2.45) is 5.73 Å². The third-order valence-corrected chi connectivity index (χ3v) is 2.05. The number of likely N-dealkylation sites (tertiary alicyclic amines) is 1. The summed E-state index contributed by atoms with van der Waals surface area (Å²) >= 11 is 0. The zero-order valence-electron chi connectivity index (χ0n) is 6.34. The van der Waals surface area contributed by atoms with Gasteiger partial charge >= 0.3 is 0 Å². The molecule has 1 amide bonds. The molecule has 0 radical (unpaired) electrons. The minimum atomic E-state index is 0.185. The third kappa shape index (κ3) is 1.29. The topological polar surface area (TPSA) is 46.3 Å². The Hall–Kier alpha value is -0.570. The molecule has 1 rings (SSSR count). The first-order valence-corrected chi connectivity index (χ1v) is 3.73. The third-order valence-electron chi connectivity index (χ3n) is 2.05. The van der Waals surface area contributed by atoms with Crippen molar-refractivity contribution in [3.63, 3.8) is 0 Å². The van der Waals surface area contributed by atoms with Crippen LogP contribution in [-0.4, -0.2) is 29.9 Å². The molecular formula is C7H14N2O. The second kappa shape index (κ2) is 3.01. The first kappa shape index (κ1) is 7.54. The van der Waals surface area contributed by atoms with Gasteiger partial charge in [0, 0.05) is 19.5 Å². The first-order valence-electron chi connectivity index (χ1n) is 3.73. The van der Waals surface area contributed by atoms with E-state index in [9.17, 15) is 4.79 Å². The molecule has 3 heteroatoms. The van der Waals surface area contributed by atoms with Crippen LogP contribution in [0.4, 0.5) is 0 Å². The summed E-state index contributed by atoms with van der Waals surface area (Å²) in [6.45, 7) is 3.23. The molecule has 10 heavy (non-hydrogen) atoms. The number of amides is 1. The van der Waals surface area contributed by atoms with Crippen LogP contribution < -0.4 is 5.73 Å². The van der Waals surface area contributed by atoms with E-state index in [4.69, 9.17) is 5.73 Å². The lowest BCUT2D eigenvalue weighted by Crippen LogP contribution is -2.50. The second-order valence-corrected chi connectivity index (χ2v) is 2.73. The van der Waals surface area contributed by atoms with Crippen molar-refractivity contribution in [3.8, 4) is 0 Å². The highest BCUT2D eigenvalue weighted by Gasteiger charge is 2.28. The molecule has 1 heterocycles. The summed E-state index contributed by atoms with van der Waals surface area (Å²) in [6.07, 6.45) is 2.09. The van der Waals surface area contributed by atoms with E-state index in [1.165, 1.54) is 0 Å².